The Kier molecular flexibility index (Phi) is 2.76. The molecule has 11 heavy (non-hydrogen) atoms. The van der Waals surface area contributed by atoms with Gasteiger partial charge in [0.15, 0.2) is 0 Å². The monoisotopic (exact) mass is 196 g/mol. The Hall–Kier alpha value is -0.250. The van der Waals surface area contributed by atoms with Crippen LogP contribution in [0.4, 0.5) is 0 Å². The average Bonchev–Trinajstić information content (AvgIpc) is 2.24. The van der Waals surface area contributed by atoms with Gasteiger partial charge in [-0.3, -0.25) is 0 Å². The van der Waals surface area contributed by atoms with Gasteiger partial charge >= 0.3 is 5.97 Å². The van der Waals surface area contributed by atoms with Crippen LogP contribution in [-0.4, -0.2) is 29.1 Å². The number of ether oxygens (including phenoxy) is 1. The van der Waals surface area contributed by atoms with Gasteiger partial charge in [0.25, 0.3) is 0 Å². The van der Waals surface area contributed by atoms with E-state index in [1.54, 1.807) is 0 Å². The van der Waals surface area contributed by atoms with E-state index in [1.807, 2.05) is 0 Å². The maximum atomic E-state index is 10.8. The van der Waals surface area contributed by atoms with Crippen molar-refractivity contribution in [3.05, 3.63) is 11.1 Å². The molecule has 0 saturated heterocycles. The molecular weight excluding hydrogens is 191 g/mol. The fourth-order valence-electron chi connectivity index (χ4n) is 0.811. The fraction of sp³-hybridized carbons (Fsp3) is 0.500. The first-order valence-electron chi connectivity index (χ1n) is 2.93. The van der Waals surface area contributed by atoms with Crippen molar-refractivity contribution in [2.24, 2.45) is 0 Å². The molecule has 0 aliphatic carbocycles. The molecule has 0 aromatic rings. The van der Waals surface area contributed by atoms with Crippen molar-refractivity contribution >= 4 is 29.2 Å². The van der Waals surface area contributed by atoms with Crippen LogP contribution in [0.15, 0.2) is 11.1 Å². The number of alkyl halides is 2. The van der Waals surface area contributed by atoms with Gasteiger partial charge in [0.1, 0.15) is 0 Å². The predicted molar refractivity (Wildman–Crippen MR) is 40.6 cm³/mol. The summed E-state index contributed by atoms with van der Waals surface area (Å²) in [4.78, 5) is 10.8. The van der Waals surface area contributed by atoms with Gasteiger partial charge in [-0.05, 0) is 0 Å². The molecule has 0 saturated carbocycles. The summed E-state index contributed by atoms with van der Waals surface area (Å²) in [6, 6.07) is 0. The van der Waals surface area contributed by atoms with Gasteiger partial charge in [0, 0.05) is 5.57 Å². The number of hydrogen-bond donors (Lipinski definition) is 1. The van der Waals surface area contributed by atoms with Gasteiger partial charge in [0.2, 0.25) is 6.29 Å². The lowest BCUT2D eigenvalue weighted by molar-refractivity contribution is -0.151. The van der Waals surface area contributed by atoms with Crippen LogP contribution >= 0.6 is 23.2 Å². The second-order valence-electron chi connectivity index (χ2n) is 2.03. The molecule has 3 nitrogen and oxygen atoms in total. The molecule has 1 aliphatic heterocycles. The summed E-state index contributed by atoms with van der Waals surface area (Å²) in [5.74, 6) is -0.490. The van der Waals surface area contributed by atoms with Crippen LogP contribution < -0.4 is 0 Å². The SMILES string of the molecule is O=C1OC(O)C(CCl)=C1CCl. The smallest absolute Gasteiger partial charge is 0.338 e. The topological polar surface area (TPSA) is 46.5 Å². The van der Waals surface area contributed by atoms with Crippen molar-refractivity contribution in [2.75, 3.05) is 11.8 Å². The predicted octanol–water partition coefficient (Wildman–Crippen LogP) is 0.636. The second-order valence-corrected chi connectivity index (χ2v) is 2.56. The van der Waals surface area contributed by atoms with Gasteiger partial charge in [-0.1, -0.05) is 0 Å². The van der Waals surface area contributed by atoms with E-state index in [-0.39, 0.29) is 17.3 Å². The third-order valence-corrected chi connectivity index (χ3v) is 1.98. The number of halogens is 2. The molecule has 1 aliphatic rings. The molecule has 5 heteroatoms. The summed E-state index contributed by atoms with van der Waals surface area (Å²) < 4.78 is 4.44. The van der Waals surface area contributed by atoms with E-state index in [0.717, 1.165) is 0 Å². The Morgan fingerprint density at radius 2 is 2.09 bits per heavy atom. The first-order chi connectivity index (χ1) is 5.20. The maximum absolute atomic E-state index is 10.8. The molecule has 0 bridgehead atoms. The first-order valence-corrected chi connectivity index (χ1v) is 4.00. The Morgan fingerprint density at radius 3 is 2.45 bits per heavy atom. The van der Waals surface area contributed by atoms with E-state index < -0.39 is 12.3 Å². The molecule has 0 fully saturated rings. The molecule has 1 unspecified atom stereocenters. The zero-order chi connectivity index (χ0) is 8.43. The summed E-state index contributed by atoms with van der Waals surface area (Å²) in [5, 5.41) is 9.02. The molecule has 0 spiro atoms. The number of rotatable bonds is 2. The lowest BCUT2D eigenvalue weighted by Crippen LogP contribution is -2.10. The van der Waals surface area contributed by atoms with Gasteiger partial charge in [-0.25, -0.2) is 4.79 Å². The summed E-state index contributed by atoms with van der Waals surface area (Å²) in [6.45, 7) is 0. The number of aliphatic hydroxyl groups excluding tert-OH is 1. The molecular formula is C6H6Cl2O3. The Bertz CT molecular complexity index is 212. The molecule has 0 radical (unpaired) electrons. The van der Waals surface area contributed by atoms with Crippen molar-refractivity contribution in [1.82, 2.24) is 0 Å². The largest absolute Gasteiger partial charge is 0.428 e. The quantitative estimate of drug-likeness (QED) is 0.521. The van der Waals surface area contributed by atoms with Crippen molar-refractivity contribution in [3.63, 3.8) is 0 Å². The molecule has 62 valence electrons. The number of esters is 1. The fourth-order valence-corrected chi connectivity index (χ4v) is 1.38. The number of carbonyl (C=O) groups is 1. The van der Waals surface area contributed by atoms with Crippen LogP contribution in [0.1, 0.15) is 0 Å². The van der Waals surface area contributed by atoms with Gasteiger partial charge in [0.05, 0.1) is 17.3 Å². The summed E-state index contributed by atoms with van der Waals surface area (Å²) in [5.41, 5.74) is 0.640. The molecule has 0 aromatic carbocycles. The summed E-state index contributed by atoms with van der Waals surface area (Å²) in [6.07, 6.45) is -1.20. The zero-order valence-electron chi connectivity index (χ0n) is 5.51. The van der Waals surface area contributed by atoms with Crippen molar-refractivity contribution in [3.8, 4) is 0 Å². The van der Waals surface area contributed by atoms with Crippen LogP contribution in [0.3, 0.4) is 0 Å². The highest BCUT2D eigenvalue weighted by molar-refractivity contribution is 6.24. The van der Waals surface area contributed by atoms with Gasteiger partial charge in [-0.2, -0.15) is 0 Å². The maximum Gasteiger partial charge on any atom is 0.338 e. The van der Waals surface area contributed by atoms with E-state index >= 15 is 0 Å². The highest BCUT2D eigenvalue weighted by atomic mass is 35.5. The first kappa shape index (κ1) is 8.84. The highest BCUT2D eigenvalue weighted by Crippen LogP contribution is 2.22. The van der Waals surface area contributed by atoms with Gasteiger partial charge in [-0.15, -0.1) is 23.2 Å². The van der Waals surface area contributed by atoms with Crippen LogP contribution in [0.25, 0.3) is 0 Å². The van der Waals surface area contributed by atoms with Crippen molar-refractivity contribution in [1.29, 1.82) is 0 Å². The molecule has 0 aromatic heterocycles. The molecule has 1 rings (SSSR count). The number of aliphatic hydroxyl groups is 1. The van der Waals surface area contributed by atoms with Crippen LogP contribution in [0, 0.1) is 0 Å². The van der Waals surface area contributed by atoms with Crippen LogP contribution in [-0.2, 0) is 9.53 Å². The molecule has 0 amide bonds. The van der Waals surface area contributed by atoms with Crippen LogP contribution in [0.2, 0.25) is 0 Å². The van der Waals surface area contributed by atoms with E-state index in [1.165, 1.54) is 0 Å². The lowest BCUT2D eigenvalue weighted by atomic mass is 10.2. The minimum atomic E-state index is -1.20. The summed E-state index contributed by atoms with van der Waals surface area (Å²) >= 11 is 10.8. The number of carbonyl (C=O) groups excluding carboxylic acids is 1. The normalized spacial score (nSPS) is 24.3. The standard InChI is InChI=1S/C6H6Cl2O3/c7-1-3-4(2-8)6(10)11-5(3)9/h5,9H,1-2H2. The molecule has 1 heterocycles. The highest BCUT2D eigenvalue weighted by Gasteiger charge is 2.30. The third-order valence-electron chi connectivity index (χ3n) is 1.43. The van der Waals surface area contributed by atoms with Crippen molar-refractivity contribution < 1.29 is 14.6 Å². The average molecular weight is 197 g/mol. The van der Waals surface area contributed by atoms with Crippen LogP contribution in [0.5, 0.6) is 0 Å². The molecule has 1 N–H and O–H groups in total. The Balaban J connectivity index is 2.92. The molecule has 1 atom stereocenters. The lowest BCUT2D eigenvalue weighted by Gasteiger charge is -2.01. The van der Waals surface area contributed by atoms with E-state index in [4.69, 9.17) is 28.3 Å². The Morgan fingerprint density at radius 1 is 1.45 bits per heavy atom. The van der Waals surface area contributed by atoms with E-state index in [9.17, 15) is 4.79 Å². The number of cyclic esters (lactones) is 1. The zero-order valence-corrected chi connectivity index (χ0v) is 7.02. The van der Waals surface area contributed by atoms with Crippen molar-refractivity contribution in [2.45, 2.75) is 6.29 Å². The third kappa shape index (κ3) is 1.50. The van der Waals surface area contributed by atoms with E-state index in [2.05, 4.69) is 4.74 Å². The minimum absolute atomic E-state index is 0.0257. The van der Waals surface area contributed by atoms with Gasteiger partial charge < -0.3 is 9.84 Å². The van der Waals surface area contributed by atoms with E-state index in [0.29, 0.717) is 5.57 Å². The second kappa shape index (κ2) is 3.43. The Labute approximate surface area is 73.5 Å². The summed E-state index contributed by atoms with van der Waals surface area (Å²) in [7, 11) is 0. The number of hydrogen-bond acceptors (Lipinski definition) is 3. The minimum Gasteiger partial charge on any atom is -0.428 e.